The topological polar surface area (TPSA) is 100 Å². The van der Waals surface area contributed by atoms with E-state index in [1.807, 2.05) is 6.20 Å². The van der Waals surface area contributed by atoms with Crippen LogP contribution in [0.1, 0.15) is 108 Å². The van der Waals surface area contributed by atoms with Crippen molar-refractivity contribution in [1.82, 2.24) is 18.8 Å². The van der Waals surface area contributed by atoms with Gasteiger partial charge in [0, 0.05) is 43.0 Å². The summed E-state index contributed by atoms with van der Waals surface area (Å²) in [5.41, 5.74) is 2.25. The third-order valence-electron chi connectivity index (χ3n) is 9.65. The minimum absolute atomic E-state index is 0.181. The van der Waals surface area contributed by atoms with Crippen molar-refractivity contribution in [1.29, 1.82) is 0 Å². The summed E-state index contributed by atoms with van der Waals surface area (Å²) in [6, 6.07) is 0.809. The number of fused-ring (bicyclic) bond motifs is 1. The van der Waals surface area contributed by atoms with Crippen LogP contribution >= 0.6 is 0 Å². The monoisotopic (exact) mass is 529 g/mol. The highest BCUT2D eigenvalue weighted by Gasteiger charge is 2.37. The summed E-state index contributed by atoms with van der Waals surface area (Å²) >= 11 is 0. The van der Waals surface area contributed by atoms with Gasteiger partial charge >= 0.3 is 0 Å². The van der Waals surface area contributed by atoms with Crippen molar-refractivity contribution in [2.75, 3.05) is 18.4 Å². The van der Waals surface area contributed by atoms with Crippen LogP contribution in [-0.2, 0) is 10.0 Å². The Labute approximate surface area is 221 Å². The first-order chi connectivity index (χ1) is 17.9. The number of aliphatic hydroxyl groups excluding tert-OH is 1. The molecule has 6 rings (SSSR count). The molecule has 2 atom stereocenters. The number of sulfonamides is 1. The maximum Gasteiger partial charge on any atom is 0.224 e. The highest BCUT2D eigenvalue weighted by atomic mass is 32.2. The Kier molecular flexibility index (Phi) is 7.22. The lowest BCUT2D eigenvalue weighted by atomic mass is 9.90. The Morgan fingerprint density at radius 3 is 2.43 bits per heavy atom. The number of nitrogens with zero attached hydrogens (tertiary/aromatic N) is 4. The summed E-state index contributed by atoms with van der Waals surface area (Å²) in [7, 11) is -3.20. The maximum absolute atomic E-state index is 13.3. The molecule has 2 N–H and O–H groups in total. The third-order valence-corrected chi connectivity index (χ3v) is 12.0. The van der Waals surface area contributed by atoms with Gasteiger partial charge < -0.3 is 15.0 Å². The number of aliphatic hydroxyl groups is 1. The first kappa shape index (κ1) is 25.6. The average Bonchev–Trinajstić information content (AvgIpc) is 3.58. The predicted octanol–water partition coefficient (Wildman–Crippen LogP) is 4.96. The molecule has 4 aliphatic rings. The van der Waals surface area contributed by atoms with Crippen molar-refractivity contribution in [3.05, 3.63) is 18.0 Å². The molecule has 0 amide bonds. The van der Waals surface area contributed by atoms with Crippen molar-refractivity contribution in [3.8, 4) is 0 Å². The minimum Gasteiger partial charge on any atom is -0.393 e. The summed E-state index contributed by atoms with van der Waals surface area (Å²) in [5.74, 6) is 1.74. The molecule has 0 aromatic carbocycles. The van der Waals surface area contributed by atoms with E-state index in [1.54, 1.807) is 4.31 Å². The summed E-state index contributed by atoms with van der Waals surface area (Å²) < 4.78 is 30.7. The van der Waals surface area contributed by atoms with Gasteiger partial charge in [0.25, 0.3) is 0 Å². The lowest BCUT2D eigenvalue weighted by molar-refractivity contribution is 0.111. The second-order valence-electron chi connectivity index (χ2n) is 12.0. The Balaban J connectivity index is 1.24. The number of hydrogen-bond donors (Lipinski definition) is 2. The van der Waals surface area contributed by atoms with Crippen molar-refractivity contribution >= 4 is 27.0 Å². The van der Waals surface area contributed by atoms with Crippen LogP contribution in [-0.4, -0.2) is 62.8 Å². The van der Waals surface area contributed by atoms with Gasteiger partial charge in [-0.15, -0.1) is 0 Å². The van der Waals surface area contributed by atoms with E-state index in [9.17, 15) is 13.5 Å². The average molecular weight is 530 g/mol. The van der Waals surface area contributed by atoms with Crippen LogP contribution in [0.2, 0.25) is 0 Å². The van der Waals surface area contributed by atoms with Gasteiger partial charge in [-0.1, -0.05) is 32.6 Å². The van der Waals surface area contributed by atoms with E-state index in [4.69, 9.17) is 9.97 Å². The lowest BCUT2D eigenvalue weighted by Gasteiger charge is -2.34. The molecule has 0 bridgehead atoms. The molecule has 0 radical (unpaired) electrons. The Morgan fingerprint density at radius 1 is 1.03 bits per heavy atom. The maximum atomic E-state index is 13.3. The largest absolute Gasteiger partial charge is 0.393 e. The highest BCUT2D eigenvalue weighted by Crippen LogP contribution is 2.40. The zero-order valence-electron chi connectivity index (χ0n) is 22.2. The second kappa shape index (κ2) is 10.5. The smallest absolute Gasteiger partial charge is 0.224 e. The predicted molar refractivity (Wildman–Crippen MR) is 146 cm³/mol. The lowest BCUT2D eigenvalue weighted by Crippen LogP contribution is -2.43. The van der Waals surface area contributed by atoms with Gasteiger partial charge in [-0.25, -0.2) is 17.7 Å². The molecular weight excluding hydrogens is 486 g/mol. The summed E-state index contributed by atoms with van der Waals surface area (Å²) in [6.07, 6.45) is 16.6. The van der Waals surface area contributed by atoms with Crippen molar-refractivity contribution in [2.24, 2.45) is 5.92 Å². The van der Waals surface area contributed by atoms with E-state index >= 15 is 0 Å². The van der Waals surface area contributed by atoms with E-state index in [1.165, 1.54) is 18.4 Å². The summed E-state index contributed by atoms with van der Waals surface area (Å²) in [5, 5.41) is 14.5. The van der Waals surface area contributed by atoms with Gasteiger partial charge in [-0.05, 0) is 75.2 Å². The van der Waals surface area contributed by atoms with Gasteiger partial charge in [0.15, 0.2) is 0 Å². The molecule has 4 fully saturated rings. The van der Waals surface area contributed by atoms with Gasteiger partial charge in [-0.3, -0.25) is 0 Å². The number of piperidine rings is 1. The molecule has 3 saturated carbocycles. The standard InChI is InChI=1S/C28H43N5O3S/c1-2-19-16-26(19)30-28-29-17-24-25(18-33(27(24)31-28)21-8-10-22(34)11-9-21)20-12-14-32(15-13-20)37(35,36)23-6-4-3-5-7-23/h17-23,26,34H,2-16H2,1H3,(H,29,30,31)/t19-,21?,22?,26-/m1/s1. The molecule has 2 aromatic rings. The van der Waals surface area contributed by atoms with E-state index in [2.05, 4.69) is 23.0 Å². The van der Waals surface area contributed by atoms with Crippen LogP contribution in [0.4, 0.5) is 5.95 Å². The molecule has 0 unspecified atom stereocenters. The van der Waals surface area contributed by atoms with Crippen molar-refractivity contribution in [3.63, 3.8) is 0 Å². The van der Waals surface area contributed by atoms with Gasteiger partial charge in [0.05, 0.1) is 11.4 Å². The second-order valence-corrected chi connectivity index (χ2v) is 14.2. The SMILES string of the molecule is CC[C@@H]1C[C@H]1Nc1ncc2c(C3CCN(S(=O)(=O)C4CCCCC4)CC3)cn(C3CCC(O)CC3)c2n1. The van der Waals surface area contributed by atoms with Gasteiger partial charge in [0.1, 0.15) is 5.65 Å². The molecular formula is C28H43N5O3S. The molecule has 2 aromatic heterocycles. The van der Waals surface area contributed by atoms with E-state index < -0.39 is 10.0 Å². The van der Waals surface area contributed by atoms with Crippen molar-refractivity contribution < 1.29 is 13.5 Å². The van der Waals surface area contributed by atoms with Crippen LogP contribution in [0, 0.1) is 5.92 Å². The molecule has 204 valence electrons. The van der Waals surface area contributed by atoms with Gasteiger partial charge in [-0.2, -0.15) is 4.98 Å². The third kappa shape index (κ3) is 5.15. The summed E-state index contributed by atoms with van der Waals surface area (Å²) in [4.78, 5) is 9.74. The molecule has 9 heteroatoms. The summed E-state index contributed by atoms with van der Waals surface area (Å²) in [6.45, 7) is 3.44. The number of nitrogens with one attached hydrogen (secondary N) is 1. The number of aromatic nitrogens is 3. The van der Waals surface area contributed by atoms with Crippen molar-refractivity contribution in [2.45, 2.75) is 120 Å². The van der Waals surface area contributed by atoms with Gasteiger partial charge in [0.2, 0.25) is 16.0 Å². The number of hydrogen-bond acceptors (Lipinski definition) is 6. The Hall–Kier alpha value is -1.71. The quantitative estimate of drug-likeness (QED) is 0.526. The first-order valence-corrected chi connectivity index (χ1v) is 16.3. The van der Waals surface area contributed by atoms with E-state index in [0.29, 0.717) is 37.0 Å². The zero-order chi connectivity index (χ0) is 25.6. The fraction of sp³-hybridized carbons (Fsp3) is 0.786. The fourth-order valence-corrected chi connectivity index (χ4v) is 9.17. The zero-order valence-corrected chi connectivity index (χ0v) is 23.0. The number of rotatable bonds is 7. The molecule has 37 heavy (non-hydrogen) atoms. The first-order valence-electron chi connectivity index (χ1n) is 14.7. The van der Waals surface area contributed by atoms with Crippen LogP contribution in [0.3, 0.4) is 0 Å². The number of anilines is 1. The Bertz CT molecular complexity index is 1190. The van der Waals surface area contributed by atoms with E-state index in [0.717, 1.165) is 87.6 Å². The van der Waals surface area contributed by atoms with Crippen LogP contribution in [0.15, 0.2) is 12.4 Å². The fourth-order valence-electron chi connectivity index (χ4n) is 7.10. The molecule has 3 aliphatic carbocycles. The van der Waals surface area contributed by atoms with Crippen LogP contribution < -0.4 is 5.32 Å². The van der Waals surface area contributed by atoms with E-state index in [-0.39, 0.29) is 11.4 Å². The van der Waals surface area contributed by atoms with Crippen LogP contribution in [0.5, 0.6) is 0 Å². The highest BCUT2D eigenvalue weighted by molar-refractivity contribution is 7.89. The molecule has 8 nitrogen and oxygen atoms in total. The molecule has 0 spiro atoms. The molecule has 3 heterocycles. The molecule has 1 aliphatic heterocycles. The Morgan fingerprint density at radius 2 is 1.76 bits per heavy atom. The van der Waals surface area contributed by atoms with Crippen LogP contribution in [0.25, 0.3) is 11.0 Å². The minimum atomic E-state index is -3.20. The molecule has 1 saturated heterocycles. The normalized spacial score (nSPS) is 30.5.